The summed E-state index contributed by atoms with van der Waals surface area (Å²) in [5, 5.41) is 3.35. The van der Waals surface area contributed by atoms with Gasteiger partial charge in [0.15, 0.2) is 5.84 Å². The van der Waals surface area contributed by atoms with Crippen LogP contribution in [0.25, 0.3) is 38.9 Å². The first-order chi connectivity index (χ1) is 19.8. The molecule has 0 atom stereocenters. The minimum Gasteiger partial charge on any atom is -0.456 e. The van der Waals surface area contributed by atoms with Crippen molar-refractivity contribution in [2.45, 2.75) is 6.54 Å². The first kappa shape index (κ1) is 25.0. The Hall–Kier alpha value is -5.28. The van der Waals surface area contributed by atoms with E-state index in [-0.39, 0.29) is 0 Å². The zero-order valence-corrected chi connectivity index (χ0v) is 22.1. The highest BCUT2D eigenvalue weighted by Gasteiger charge is 2.16. The van der Waals surface area contributed by atoms with E-state index in [4.69, 9.17) is 14.4 Å². The molecule has 0 saturated heterocycles. The van der Waals surface area contributed by atoms with E-state index in [1.165, 1.54) is 5.39 Å². The number of hydrogen-bond acceptors (Lipinski definition) is 2. The Morgan fingerprint density at radius 2 is 1.50 bits per heavy atom. The summed E-state index contributed by atoms with van der Waals surface area (Å²) < 4.78 is 6.32. The van der Waals surface area contributed by atoms with E-state index in [0.29, 0.717) is 12.4 Å². The Morgan fingerprint density at radius 3 is 2.30 bits per heavy atom. The molecule has 6 aromatic rings. The van der Waals surface area contributed by atoms with E-state index in [1.54, 1.807) is 6.08 Å². The number of allylic oxidation sites excluding steroid dienone is 2. The van der Waals surface area contributed by atoms with E-state index in [9.17, 15) is 0 Å². The zero-order chi connectivity index (χ0) is 27.1. The maximum absolute atomic E-state index is 6.32. The third-order valence-electron chi connectivity index (χ3n) is 6.83. The molecule has 0 spiro atoms. The van der Waals surface area contributed by atoms with Crippen LogP contribution in [0.5, 0.6) is 0 Å². The largest absolute Gasteiger partial charge is 0.456 e. The van der Waals surface area contributed by atoms with Crippen LogP contribution in [-0.4, -0.2) is 12.1 Å². The van der Waals surface area contributed by atoms with Crippen LogP contribution in [-0.2, 0) is 6.54 Å². The first-order valence-corrected chi connectivity index (χ1v) is 13.3. The van der Waals surface area contributed by atoms with Gasteiger partial charge in [0.25, 0.3) is 0 Å². The molecule has 5 aromatic carbocycles. The van der Waals surface area contributed by atoms with Gasteiger partial charge in [-0.3, -0.25) is 4.99 Å². The molecule has 0 bridgehead atoms. The van der Waals surface area contributed by atoms with Crippen LogP contribution in [0.3, 0.4) is 0 Å². The number of rotatable bonds is 7. The van der Waals surface area contributed by atoms with Crippen LogP contribution in [0, 0.1) is 0 Å². The Balaban J connectivity index is 1.50. The third kappa shape index (κ3) is 5.31. The topological polar surface area (TPSA) is 37.9 Å². The number of benzene rings is 5. The van der Waals surface area contributed by atoms with Crippen molar-refractivity contribution in [1.29, 1.82) is 0 Å². The molecule has 1 aromatic heterocycles. The number of aliphatic imine (C=N–C) groups is 2. The van der Waals surface area contributed by atoms with Crippen LogP contribution < -0.4 is 0 Å². The average molecular weight is 517 g/mol. The lowest BCUT2D eigenvalue weighted by atomic mass is 9.98. The number of nitrogens with zero attached hydrogens (tertiary/aromatic N) is 2. The second kappa shape index (κ2) is 11.6. The zero-order valence-electron chi connectivity index (χ0n) is 22.1. The minimum atomic E-state index is 0.533. The maximum atomic E-state index is 6.32. The molecular weight excluding hydrogens is 488 g/mol. The van der Waals surface area contributed by atoms with Gasteiger partial charge < -0.3 is 4.42 Å². The van der Waals surface area contributed by atoms with Gasteiger partial charge in [-0.1, -0.05) is 128 Å². The van der Waals surface area contributed by atoms with Gasteiger partial charge in [0, 0.05) is 22.7 Å². The predicted octanol–water partition coefficient (Wildman–Crippen LogP) is 9.52. The van der Waals surface area contributed by atoms with Gasteiger partial charge in [0.1, 0.15) is 11.3 Å². The lowest BCUT2D eigenvalue weighted by Crippen LogP contribution is -2.00. The maximum Gasteiger partial charge on any atom is 0.154 e. The molecule has 3 heteroatoms. The molecule has 192 valence electrons. The fourth-order valence-corrected chi connectivity index (χ4v) is 4.87. The van der Waals surface area contributed by atoms with Crippen LogP contribution in [0.4, 0.5) is 0 Å². The first-order valence-electron chi connectivity index (χ1n) is 13.3. The van der Waals surface area contributed by atoms with Crippen molar-refractivity contribution in [2.24, 2.45) is 9.98 Å². The van der Waals surface area contributed by atoms with Crippen molar-refractivity contribution >= 4 is 39.9 Å². The quantitative estimate of drug-likeness (QED) is 0.118. The standard InChI is InChI=1S/C37H28N2O/c1-2-3-20-34-33(36-32(19-12-21-35(36)40-34)29-16-8-5-9-17-29)26-39-37(38-25-27-13-6-4-7-14-27)31-23-22-28-15-10-11-18-30(28)24-31/h2-24,26H,1,25H2/b20-3-,38-37-,39-26+. The highest BCUT2D eigenvalue weighted by Crippen LogP contribution is 2.35. The molecule has 6 rings (SSSR count). The van der Waals surface area contributed by atoms with E-state index >= 15 is 0 Å². The number of amidine groups is 1. The molecule has 0 N–H and O–H groups in total. The fourth-order valence-electron chi connectivity index (χ4n) is 4.87. The van der Waals surface area contributed by atoms with Crippen molar-refractivity contribution < 1.29 is 4.42 Å². The smallest absolute Gasteiger partial charge is 0.154 e. The highest BCUT2D eigenvalue weighted by atomic mass is 16.3. The lowest BCUT2D eigenvalue weighted by Gasteiger charge is -2.06. The molecular formula is C37H28N2O. The van der Waals surface area contributed by atoms with Gasteiger partial charge in [-0.05, 0) is 45.7 Å². The lowest BCUT2D eigenvalue weighted by molar-refractivity contribution is 0.603. The molecule has 3 nitrogen and oxygen atoms in total. The molecule has 1 heterocycles. The van der Waals surface area contributed by atoms with Crippen molar-refractivity contribution in [3.63, 3.8) is 0 Å². The second-order valence-corrected chi connectivity index (χ2v) is 9.47. The monoisotopic (exact) mass is 516 g/mol. The predicted molar refractivity (Wildman–Crippen MR) is 169 cm³/mol. The summed E-state index contributed by atoms with van der Waals surface area (Å²) in [5.74, 6) is 1.39. The van der Waals surface area contributed by atoms with Crippen LogP contribution in [0.1, 0.15) is 22.5 Å². The fraction of sp³-hybridized carbons (Fsp3) is 0.0270. The molecule has 40 heavy (non-hydrogen) atoms. The molecule has 0 aliphatic carbocycles. The van der Waals surface area contributed by atoms with Crippen molar-refractivity contribution in [3.8, 4) is 11.1 Å². The van der Waals surface area contributed by atoms with Gasteiger partial charge in [-0.2, -0.15) is 0 Å². The number of hydrogen-bond donors (Lipinski definition) is 0. The average Bonchev–Trinajstić information content (AvgIpc) is 3.38. The van der Waals surface area contributed by atoms with Gasteiger partial charge in [0.05, 0.1) is 6.54 Å². The van der Waals surface area contributed by atoms with Gasteiger partial charge in [0.2, 0.25) is 0 Å². The minimum absolute atomic E-state index is 0.533. The summed E-state index contributed by atoms with van der Waals surface area (Å²) >= 11 is 0. The third-order valence-corrected chi connectivity index (χ3v) is 6.83. The van der Waals surface area contributed by atoms with E-state index in [1.807, 2.05) is 54.8 Å². The van der Waals surface area contributed by atoms with E-state index in [0.717, 1.165) is 49.9 Å². The highest BCUT2D eigenvalue weighted by molar-refractivity contribution is 6.13. The van der Waals surface area contributed by atoms with Crippen molar-refractivity contribution in [2.75, 3.05) is 0 Å². The number of furan rings is 1. The normalized spacial score (nSPS) is 12.2. The summed E-state index contributed by atoms with van der Waals surface area (Å²) in [6.07, 6.45) is 7.44. The van der Waals surface area contributed by atoms with Crippen molar-refractivity contribution in [1.82, 2.24) is 0 Å². The molecule has 0 aliphatic rings. The van der Waals surface area contributed by atoms with Gasteiger partial charge in [-0.15, -0.1) is 0 Å². The van der Waals surface area contributed by atoms with Crippen LogP contribution in [0.15, 0.2) is 154 Å². The van der Waals surface area contributed by atoms with Crippen molar-refractivity contribution in [3.05, 3.63) is 163 Å². The van der Waals surface area contributed by atoms with Gasteiger partial charge in [-0.25, -0.2) is 4.99 Å². The molecule has 0 fully saturated rings. The Kier molecular flexibility index (Phi) is 7.27. The molecule has 0 amide bonds. The van der Waals surface area contributed by atoms with Gasteiger partial charge >= 0.3 is 0 Å². The Labute approximate surface area is 234 Å². The summed E-state index contributed by atoms with van der Waals surface area (Å²) in [6, 6.07) is 41.4. The summed E-state index contributed by atoms with van der Waals surface area (Å²) in [4.78, 5) is 9.99. The SMILES string of the molecule is C=C/C=C\c1oc2cccc(-c3ccccc3)c2c1/C=N/C(=N\Cc1ccccc1)c1ccc2ccccc2c1. The van der Waals surface area contributed by atoms with E-state index < -0.39 is 0 Å². The summed E-state index contributed by atoms with van der Waals surface area (Å²) in [6.45, 7) is 4.37. The van der Waals surface area contributed by atoms with Crippen LogP contribution >= 0.6 is 0 Å². The molecule has 0 radical (unpaired) electrons. The Morgan fingerprint density at radius 1 is 0.750 bits per heavy atom. The van der Waals surface area contributed by atoms with Crippen LogP contribution in [0.2, 0.25) is 0 Å². The summed E-state index contributed by atoms with van der Waals surface area (Å²) in [5.41, 5.74) is 6.02. The second-order valence-electron chi connectivity index (χ2n) is 9.47. The number of fused-ring (bicyclic) bond motifs is 2. The molecule has 0 saturated carbocycles. The molecule has 0 unspecified atom stereocenters. The molecule has 0 aliphatic heterocycles. The summed E-state index contributed by atoms with van der Waals surface area (Å²) in [7, 11) is 0. The Bertz CT molecular complexity index is 1880. The van der Waals surface area contributed by atoms with E-state index in [2.05, 4.69) is 91.5 Å².